The normalized spacial score (nSPS) is 12.2. The number of amides is 1. The van der Waals surface area contributed by atoms with E-state index in [-0.39, 0.29) is 11.2 Å². The molecule has 0 saturated heterocycles. The van der Waals surface area contributed by atoms with Gasteiger partial charge in [0.15, 0.2) is 0 Å². The van der Waals surface area contributed by atoms with Crippen molar-refractivity contribution in [1.29, 1.82) is 0 Å². The van der Waals surface area contributed by atoms with E-state index >= 15 is 0 Å². The van der Waals surface area contributed by atoms with Crippen molar-refractivity contribution in [2.45, 2.75) is 33.2 Å². The van der Waals surface area contributed by atoms with Crippen LogP contribution in [0.15, 0.2) is 59.5 Å². The van der Waals surface area contributed by atoms with Crippen LogP contribution in [-0.4, -0.2) is 20.3 Å². The standard InChI is InChI=1S/C24H22F2N4O2/c1-4-21(23(31)28-20-12-16(25)10-11-19(20)26)29-14(2)18-13-27-30(17-8-6-5-7-9-17)24(32)22(18)15(29)3/h5-13,21H,4H2,1-3H3,(H,28,31)/t21-/m0/s1. The maximum absolute atomic E-state index is 14.0. The maximum atomic E-state index is 14.0. The van der Waals surface area contributed by atoms with Crippen LogP contribution in [0.5, 0.6) is 0 Å². The Hall–Kier alpha value is -3.81. The molecule has 1 amide bonds. The van der Waals surface area contributed by atoms with E-state index in [2.05, 4.69) is 10.4 Å². The molecule has 8 heteroatoms. The Morgan fingerprint density at radius 1 is 1.09 bits per heavy atom. The zero-order valence-electron chi connectivity index (χ0n) is 17.9. The molecular weight excluding hydrogens is 414 g/mol. The molecule has 1 N–H and O–H groups in total. The van der Waals surface area contributed by atoms with Crippen molar-refractivity contribution >= 4 is 22.4 Å². The number of para-hydroxylation sites is 1. The minimum Gasteiger partial charge on any atom is -0.335 e. The number of carbonyl (C=O) groups excluding carboxylic acids is 1. The Labute approximate surface area is 183 Å². The number of nitrogens with zero attached hydrogens (tertiary/aromatic N) is 3. The van der Waals surface area contributed by atoms with Crippen LogP contribution >= 0.6 is 0 Å². The van der Waals surface area contributed by atoms with E-state index in [1.165, 1.54) is 4.68 Å². The van der Waals surface area contributed by atoms with Crippen molar-refractivity contribution in [3.63, 3.8) is 0 Å². The maximum Gasteiger partial charge on any atom is 0.281 e. The second-order valence-corrected chi connectivity index (χ2v) is 7.56. The van der Waals surface area contributed by atoms with Gasteiger partial charge in [-0.1, -0.05) is 25.1 Å². The van der Waals surface area contributed by atoms with Crippen molar-refractivity contribution in [3.05, 3.63) is 88.1 Å². The lowest BCUT2D eigenvalue weighted by molar-refractivity contribution is -0.119. The van der Waals surface area contributed by atoms with Gasteiger partial charge in [-0.15, -0.1) is 0 Å². The molecule has 2 aromatic carbocycles. The van der Waals surface area contributed by atoms with Crippen LogP contribution in [0, 0.1) is 25.5 Å². The van der Waals surface area contributed by atoms with Crippen molar-refractivity contribution in [1.82, 2.24) is 14.3 Å². The summed E-state index contributed by atoms with van der Waals surface area (Å²) in [5.41, 5.74) is 1.42. The first-order valence-electron chi connectivity index (χ1n) is 10.2. The van der Waals surface area contributed by atoms with Gasteiger partial charge in [0.05, 0.1) is 23.0 Å². The van der Waals surface area contributed by atoms with Crippen molar-refractivity contribution in [2.24, 2.45) is 0 Å². The molecule has 6 nitrogen and oxygen atoms in total. The van der Waals surface area contributed by atoms with Gasteiger partial charge in [0.25, 0.3) is 5.56 Å². The van der Waals surface area contributed by atoms with Gasteiger partial charge >= 0.3 is 0 Å². The summed E-state index contributed by atoms with van der Waals surface area (Å²) >= 11 is 0. The summed E-state index contributed by atoms with van der Waals surface area (Å²) < 4.78 is 30.7. The molecule has 0 fully saturated rings. The van der Waals surface area contributed by atoms with E-state index in [0.29, 0.717) is 34.3 Å². The summed E-state index contributed by atoms with van der Waals surface area (Å²) in [5, 5.41) is 7.89. The fourth-order valence-corrected chi connectivity index (χ4v) is 4.09. The number of fused-ring (bicyclic) bond motifs is 1. The number of rotatable bonds is 5. The number of aromatic nitrogens is 3. The number of anilines is 1. The summed E-state index contributed by atoms with van der Waals surface area (Å²) in [6.45, 7) is 5.39. The summed E-state index contributed by atoms with van der Waals surface area (Å²) in [4.78, 5) is 26.3. The van der Waals surface area contributed by atoms with Crippen molar-refractivity contribution in [3.8, 4) is 5.69 Å². The molecule has 0 aliphatic rings. The van der Waals surface area contributed by atoms with Gasteiger partial charge in [0.1, 0.15) is 17.7 Å². The molecule has 1 atom stereocenters. The number of halogens is 2. The van der Waals surface area contributed by atoms with Gasteiger partial charge in [-0.3, -0.25) is 9.59 Å². The predicted molar refractivity (Wildman–Crippen MR) is 119 cm³/mol. The average Bonchev–Trinajstić information content (AvgIpc) is 3.03. The second-order valence-electron chi connectivity index (χ2n) is 7.56. The zero-order valence-corrected chi connectivity index (χ0v) is 17.9. The average molecular weight is 436 g/mol. The fourth-order valence-electron chi connectivity index (χ4n) is 4.09. The molecule has 0 unspecified atom stereocenters. The lowest BCUT2D eigenvalue weighted by atomic mass is 10.1. The summed E-state index contributed by atoms with van der Waals surface area (Å²) in [6.07, 6.45) is 1.99. The molecule has 0 bridgehead atoms. The number of aryl methyl sites for hydroxylation is 2. The highest BCUT2D eigenvalue weighted by atomic mass is 19.1. The third-order valence-electron chi connectivity index (χ3n) is 5.64. The van der Waals surface area contributed by atoms with Gasteiger partial charge < -0.3 is 9.88 Å². The van der Waals surface area contributed by atoms with Gasteiger partial charge in [-0.05, 0) is 44.5 Å². The third kappa shape index (κ3) is 3.57. The minimum atomic E-state index is -0.727. The molecule has 0 spiro atoms. The monoisotopic (exact) mass is 436 g/mol. The van der Waals surface area contributed by atoms with Crippen LogP contribution in [-0.2, 0) is 4.79 Å². The first kappa shape index (κ1) is 21.4. The number of nitrogens with one attached hydrogen (secondary N) is 1. The van der Waals surface area contributed by atoms with E-state index < -0.39 is 23.6 Å². The number of carbonyl (C=O) groups is 1. The van der Waals surface area contributed by atoms with Gasteiger partial charge in [-0.25, -0.2) is 8.78 Å². The molecule has 0 saturated carbocycles. The van der Waals surface area contributed by atoms with Crippen LogP contribution in [0.2, 0.25) is 0 Å². The second kappa shape index (κ2) is 8.37. The highest BCUT2D eigenvalue weighted by molar-refractivity contribution is 5.95. The SMILES string of the molecule is CC[C@@H](C(=O)Nc1cc(F)ccc1F)n1c(C)c2cnn(-c3ccccc3)c(=O)c2c1C. The molecule has 0 aliphatic heterocycles. The number of benzene rings is 2. The van der Waals surface area contributed by atoms with Crippen molar-refractivity contribution < 1.29 is 13.6 Å². The molecular formula is C24H22F2N4O2. The van der Waals surface area contributed by atoms with Gasteiger partial charge in [0, 0.05) is 22.8 Å². The Morgan fingerprint density at radius 3 is 2.50 bits per heavy atom. The highest BCUT2D eigenvalue weighted by Gasteiger charge is 2.26. The fraction of sp³-hybridized carbons (Fsp3) is 0.208. The molecule has 32 heavy (non-hydrogen) atoms. The molecule has 0 aliphatic carbocycles. The van der Waals surface area contributed by atoms with Gasteiger partial charge in [-0.2, -0.15) is 9.78 Å². The van der Waals surface area contributed by atoms with E-state index in [0.717, 1.165) is 18.2 Å². The quantitative estimate of drug-likeness (QED) is 0.494. The van der Waals surface area contributed by atoms with Crippen molar-refractivity contribution in [2.75, 3.05) is 5.32 Å². The summed E-state index contributed by atoms with van der Waals surface area (Å²) in [7, 11) is 0. The first-order valence-corrected chi connectivity index (χ1v) is 10.2. The van der Waals surface area contributed by atoms with Crippen LogP contribution < -0.4 is 10.9 Å². The lowest BCUT2D eigenvalue weighted by Crippen LogP contribution is -2.27. The van der Waals surface area contributed by atoms with Crippen LogP contribution in [0.1, 0.15) is 30.8 Å². The number of hydrogen-bond acceptors (Lipinski definition) is 3. The zero-order chi connectivity index (χ0) is 23.0. The Bertz CT molecular complexity index is 1380. The largest absolute Gasteiger partial charge is 0.335 e. The Morgan fingerprint density at radius 2 is 1.81 bits per heavy atom. The number of hydrogen-bond donors (Lipinski definition) is 1. The topological polar surface area (TPSA) is 68.9 Å². The van der Waals surface area contributed by atoms with Gasteiger partial charge in [0.2, 0.25) is 5.91 Å². The third-order valence-corrected chi connectivity index (χ3v) is 5.64. The highest BCUT2D eigenvalue weighted by Crippen LogP contribution is 2.29. The van der Waals surface area contributed by atoms with E-state index in [9.17, 15) is 18.4 Å². The molecule has 0 radical (unpaired) electrons. The first-order chi connectivity index (χ1) is 15.3. The Kier molecular flexibility index (Phi) is 5.61. The van der Waals surface area contributed by atoms with E-state index in [1.54, 1.807) is 29.8 Å². The molecule has 2 heterocycles. The molecule has 4 aromatic rings. The summed E-state index contributed by atoms with van der Waals surface area (Å²) in [6, 6.07) is 11.2. The van der Waals surface area contributed by atoms with Crippen LogP contribution in [0.25, 0.3) is 16.5 Å². The lowest BCUT2D eigenvalue weighted by Gasteiger charge is -2.21. The Balaban J connectivity index is 1.80. The van der Waals surface area contributed by atoms with Crippen LogP contribution in [0.3, 0.4) is 0 Å². The van der Waals surface area contributed by atoms with E-state index in [4.69, 9.17) is 0 Å². The van der Waals surface area contributed by atoms with E-state index in [1.807, 2.05) is 32.0 Å². The smallest absolute Gasteiger partial charge is 0.281 e. The molecule has 164 valence electrons. The molecule has 2 aromatic heterocycles. The predicted octanol–water partition coefficient (Wildman–Crippen LogP) is 4.67. The minimum absolute atomic E-state index is 0.228. The van der Waals surface area contributed by atoms with Crippen LogP contribution in [0.4, 0.5) is 14.5 Å². The summed E-state index contributed by atoms with van der Waals surface area (Å²) in [5.74, 6) is -1.88. The molecule has 4 rings (SSSR count).